The zero-order chi connectivity index (χ0) is 13.2. The van der Waals surface area contributed by atoms with Crippen molar-refractivity contribution in [2.75, 3.05) is 5.32 Å². The second kappa shape index (κ2) is 4.99. The molecule has 0 spiro atoms. The summed E-state index contributed by atoms with van der Waals surface area (Å²) in [4.78, 5) is 15.9. The lowest BCUT2D eigenvalue weighted by Gasteiger charge is -2.05. The van der Waals surface area contributed by atoms with Crippen molar-refractivity contribution >= 4 is 44.6 Å². The molecule has 3 nitrogen and oxygen atoms in total. The second-order valence-corrected chi connectivity index (χ2v) is 5.33. The first kappa shape index (κ1) is 12.1. The number of nitrogens with zero attached hydrogens (tertiary/aromatic N) is 1. The minimum absolute atomic E-state index is 0.195. The van der Waals surface area contributed by atoms with Crippen LogP contribution in [0.15, 0.2) is 48.0 Å². The molecular weight excluding hydrogens is 280 g/mol. The normalized spacial score (nSPS) is 10.6. The van der Waals surface area contributed by atoms with Crippen molar-refractivity contribution in [3.63, 3.8) is 0 Å². The summed E-state index contributed by atoms with van der Waals surface area (Å²) in [5.41, 5.74) is 1.26. The largest absolute Gasteiger partial charge is 0.322 e. The average Bonchev–Trinajstić information content (AvgIpc) is 2.86. The molecule has 3 aromatic rings. The number of nitrogens with one attached hydrogen (secondary N) is 1. The molecule has 3 rings (SSSR count). The summed E-state index contributed by atoms with van der Waals surface area (Å²) in [6, 6.07) is 11.0. The van der Waals surface area contributed by atoms with Crippen LogP contribution in [-0.2, 0) is 0 Å². The highest BCUT2D eigenvalue weighted by atomic mass is 35.5. The first-order chi connectivity index (χ1) is 9.22. The number of thiophene rings is 1. The van der Waals surface area contributed by atoms with E-state index in [9.17, 15) is 4.79 Å². The summed E-state index contributed by atoms with van der Waals surface area (Å²) < 4.78 is 1.20. The molecule has 94 valence electrons. The second-order valence-electron chi connectivity index (χ2n) is 3.99. The summed E-state index contributed by atoms with van der Waals surface area (Å²) in [5.74, 6) is -0.195. The number of aromatic nitrogens is 1. The van der Waals surface area contributed by atoms with Crippen LogP contribution in [0.2, 0.25) is 5.15 Å². The zero-order valence-electron chi connectivity index (χ0n) is 9.76. The molecule has 0 saturated heterocycles. The molecule has 19 heavy (non-hydrogen) atoms. The van der Waals surface area contributed by atoms with Gasteiger partial charge in [0.25, 0.3) is 5.91 Å². The minimum atomic E-state index is -0.195. The van der Waals surface area contributed by atoms with Crippen molar-refractivity contribution in [3.05, 3.63) is 58.7 Å². The fourth-order valence-corrected chi connectivity index (χ4v) is 2.74. The van der Waals surface area contributed by atoms with Crippen LogP contribution in [0.5, 0.6) is 0 Å². The van der Waals surface area contributed by atoms with Crippen LogP contribution >= 0.6 is 22.9 Å². The van der Waals surface area contributed by atoms with Gasteiger partial charge in [-0.1, -0.05) is 11.6 Å². The third kappa shape index (κ3) is 2.59. The number of amides is 1. The number of carbonyl (C=O) groups is 1. The van der Waals surface area contributed by atoms with Gasteiger partial charge in [0, 0.05) is 22.1 Å². The maximum Gasteiger partial charge on any atom is 0.255 e. The molecule has 2 aromatic heterocycles. The summed E-state index contributed by atoms with van der Waals surface area (Å²) in [7, 11) is 0. The number of anilines is 1. The predicted octanol–water partition coefficient (Wildman–Crippen LogP) is 4.20. The predicted molar refractivity (Wildman–Crippen MR) is 79.0 cm³/mol. The van der Waals surface area contributed by atoms with Crippen molar-refractivity contribution in [2.45, 2.75) is 0 Å². The van der Waals surface area contributed by atoms with Crippen LogP contribution in [0.3, 0.4) is 0 Å². The van der Waals surface area contributed by atoms with Gasteiger partial charge in [0.2, 0.25) is 0 Å². The quantitative estimate of drug-likeness (QED) is 0.718. The number of pyridine rings is 1. The van der Waals surface area contributed by atoms with Crippen molar-refractivity contribution in [2.24, 2.45) is 0 Å². The Hall–Kier alpha value is -1.91. The number of halogens is 1. The number of fused-ring (bicyclic) bond motifs is 1. The third-order valence-corrected chi connectivity index (χ3v) is 3.80. The van der Waals surface area contributed by atoms with E-state index in [1.54, 1.807) is 23.5 Å². The van der Waals surface area contributed by atoms with Crippen LogP contribution < -0.4 is 5.32 Å². The van der Waals surface area contributed by atoms with Gasteiger partial charge in [0.05, 0.1) is 0 Å². The Balaban J connectivity index is 1.86. The molecule has 0 atom stereocenters. The van der Waals surface area contributed by atoms with Crippen molar-refractivity contribution in [3.8, 4) is 0 Å². The van der Waals surface area contributed by atoms with Crippen LogP contribution in [0.25, 0.3) is 10.1 Å². The van der Waals surface area contributed by atoms with Gasteiger partial charge >= 0.3 is 0 Å². The van der Waals surface area contributed by atoms with Crippen molar-refractivity contribution < 1.29 is 4.79 Å². The molecule has 0 aliphatic rings. The third-order valence-electron chi connectivity index (χ3n) is 2.70. The molecule has 0 aliphatic carbocycles. The Bertz CT molecular complexity index is 754. The lowest BCUT2D eigenvalue weighted by atomic mass is 10.2. The maximum absolute atomic E-state index is 12.0. The number of hydrogen-bond donors (Lipinski definition) is 1. The highest BCUT2D eigenvalue weighted by Gasteiger charge is 2.07. The van der Waals surface area contributed by atoms with Crippen LogP contribution in [0.4, 0.5) is 5.69 Å². The molecule has 0 aliphatic heterocycles. The number of rotatable bonds is 2. The maximum atomic E-state index is 12.0. The van der Waals surface area contributed by atoms with Gasteiger partial charge in [-0.25, -0.2) is 4.98 Å². The molecule has 0 unspecified atom stereocenters. The van der Waals surface area contributed by atoms with E-state index in [1.807, 2.05) is 29.6 Å². The monoisotopic (exact) mass is 288 g/mol. The average molecular weight is 289 g/mol. The molecular formula is C14H9ClN2OS. The Morgan fingerprint density at radius 1 is 1.21 bits per heavy atom. The first-order valence-corrected chi connectivity index (χ1v) is 6.88. The van der Waals surface area contributed by atoms with Gasteiger partial charge in [-0.3, -0.25) is 4.79 Å². The van der Waals surface area contributed by atoms with Crippen molar-refractivity contribution in [1.82, 2.24) is 4.98 Å². The van der Waals surface area contributed by atoms with Crippen molar-refractivity contribution in [1.29, 1.82) is 0 Å². The van der Waals surface area contributed by atoms with Gasteiger partial charge in [0.15, 0.2) is 0 Å². The fourth-order valence-electron chi connectivity index (χ4n) is 1.79. The lowest BCUT2D eigenvalue weighted by Crippen LogP contribution is -2.11. The Labute approximate surface area is 118 Å². The molecule has 5 heteroatoms. The lowest BCUT2D eigenvalue weighted by molar-refractivity contribution is 0.102. The summed E-state index contributed by atoms with van der Waals surface area (Å²) in [6.07, 6.45) is 1.51. The highest BCUT2D eigenvalue weighted by Crippen LogP contribution is 2.24. The van der Waals surface area contributed by atoms with E-state index in [-0.39, 0.29) is 5.91 Å². The van der Waals surface area contributed by atoms with E-state index in [2.05, 4.69) is 10.3 Å². The van der Waals surface area contributed by atoms with Gasteiger partial charge < -0.3 is 5.32 Å². The van der Waals surface area contributed by atoms with E-state index < -0.39 is 0 Å². The highest BCUT2D eigenvalue weighted by molar-refractivity contribution is 7.17. The molecule has 1 amide bonds. The smallest absolute Gasteiger partial charge is 0.255 e. The summed E-state index contributed by atoms with van der Waals surface area (Å²) in [5, 5.41) is 6.30. The molecule has 0 radical (unpaired) electrons. The summed E-state index contributed by atoms with van der Waals surface area (Å²) >= 11 is 7.44. The fraction of sp³-hybridized carbons (Fsp3) is 0. The van der Waals surface area contributed by atoms with Crippen LogP contribution in [0, 0.1) is 0 Å². The number of benzene rings is 1. The minimum Gasteiger partial charge on any atom is -0.322 e. The van der Waals surface area contributed by atoms with E-state index in [1.165, 1.54) is 10.9 Å². The van der Waals surface area contributed by atoms with E-state index in [4.69, 9.17) is 11.6 Å². The summed E-state index contributed by atoms with van der Waals surface area (Å²) in [6.45, 7) is 0. The SMILES string of the molecule is O=C(Nc1ccc2sccc2c1)c1ccnc(Cl)c1. The Kier molecular flexibility index (Phi) is 3.19. The Morgan fingerprint density at radius 2 is 2.11 bits per heavy atom. The number of hydrogen-bond acceptors (Lipinski definition) is 3. The first-order valence-electron chi connectivity index (χ1n) is 5.62. The molecule has 1 aromatic carbocycles. The number of carbonyl (C=O) groups excluding carboxylic acids is 1. The van der Waals surface area contributed by atoms with E-state index in [0.29, 0.717) is 10.7 Å². The van der Waals surface area contributed by atoms with E-state index in [0.717, 1.165) is 11.1 Å². The molecule has 0 bridgehead atoms. The molecule has 0 fully saturated rings. The standard InChI is InChI=1S/C14H9ClN2OS/c15-13-8-10(3-5-16-13)14(18)17-11-1-2-12-9(7-11)4-6-19-12/h1-8H,(H,17,18). The topological polar surface area (TPSA) is 42.0 Å². The van der Waals surface area contributed by atoms with Gasteiger partial charge in [-0.05, 0) is 47.2 Å². The van der Waals surface area contributed by atoms with Gasteiger partial charge in [-0.2, -0.15) is 0 Å². The molecule has 0 saturated carbocycles. The van der Waals surface area contributed by atoms with Gasteiger partial charge in [0.1, 0.15) is 5.15 Å². The molecule has 2 heterocycles. The Morgan fingerprint density at radius 3 is 2.95 bits per heavy atom. The van der Waals surface area contributed by atoms with Crippen LogP contribution in [0.1, 0.15) is 10.4 Å². The molecule has 1 N–H and O–H groups in total. The van der Waals surface area contributed by atoms with E-state index >= 15 is 0 Å². The zero-order valence-corrected chi connectivity index (χ0v) is 11.3. The van der Waals surface area contributed by atoms with Crippen LogP contribution in [-0.4, -0.2) is 10.9 Å². The van der Waals surface area contributed by atoms with Gasteiger partial charge in [-0.15, -0.1) is 11.3 Å².